The van der Waals surface area contributed by atoms with Gasteiger partial charge in [0.2, 0.25) is 0 Å². The Balaban J connectivity index is 2.09. The van der Waals surface area contributed by atoms with Crippen LogP contribution < -0.4 is 5.32 Å². The molecule has 1 saturated heterocycles. The van der Waals surface area contributed by atoms with E-state index >= 15 is 0 Å². The summed E-state index contributed by atoms with van der Waals surface area (Å²) in [4.78, 5) is 1.42. The lowest BCUT2D eigenvalue weighted by Crippen LogP contribution is -2.37. The fraction of sp³-hybridized carbons (Fsp3) is 0.733. The van der Waals surface area contributed by atoms with E-state index in [0.29, 0.717) is 11.3 Å². The summed E-state index contributed by atoms with van der Waals surface area (Å²) in [6.45, 7) is 10.3. The molecule has 0 aromatic carbocycles. The minimum atomic E-state index is 0.525. The van der Waals surface area contributed by atoms with Gasteiger partial charge >= 0.3 is 0 Å². The van der Waals surface area contributed by atoms with Crippen molar-refractivity contribution in [2.24, 2.45) is 0 Å². The Bertz CT molecular complexity index is 390. The third-order valence-corrected chi connectivity index (χ3v) is 8.04. The molecule has 1 aromatic heterocycles. The molecule has 1 fully saturated rings. The van der Waals surface area contributed by atoms with Crippen molar-refractivity contribution in [3.63, 3.8) is 0 Å². The summed E-state index contributed by atoms with van der Waals surface area (Å²) >= 11 is 6.19. The van der Waals surface area contributed by atoms with Crippen LogP contribution in [0, 0.1) is 6.92 Å². The molecule has 1 aliphatic heterocycles. The van der Waals surface area contributed by atoms with Crippen LogP contribution in [0.25, 0.3) is 0 Å². The summed E-state index contributed by atoms with van der Waals surface area (Å²) < 4.78 is 0. The van der Waals surface area contributed by atoms with E-state index in [4.69, 9.17) is 0 Å². The minimum absolute atomic E-state index is 0.525. The second-order valence-electron chi connectivity index (χ2n) is 5.34. The first-order valence-corrected chi connectivity index (χ1v) is 10.0. The molecule has 0 aliphatic carbocycles. The lowest BCUT2D eigenvalue weighted by atomic mass is 10.1. The van der Waals surface area contributed by atoms with E-state index in [2.05, 4.69) is 68.0 Å². The molecular formula is C15H25NS3. The van der Waals surface area contributed by atoms with Gasteiger partial charge in [-0.15, -0.1) is 11.3 Å². The molecule has 1 aromatic rings. The Morgan fingerprint density at radius 1 is 1.37 bits per heavy atom. The SMILES string of the molecule is CCCNC(c1csc(C)c1)C1CSC(C)C(C)S1. The smallest absolute Gasteiger partial charge is 0.0457 e. The van der Waals surface area contributed by atoms with Gasteiger partial charge in [-0.2, -0.15) is 23.5 Å². The molecule has 0 bridgehead atoms. The summed E-state index contributed by atoms with van der Waals surface area (Å²) in [6.07, 6.45) is 1.20. The number of hydrogen-bond donors (Lipinski definition) is 1. The number of hydrogen-bond acceptors (Lipinski definition) is 4. The molecule has 0 radical (unpaired) electrons. The maximum atomic E-state index is 3.78. The van der Waals surface area contributed by atoms with Crippen molar-refractivity contribution >= 4 is 34.9 Å². The molecular weight excluding hydrogens is 290 g/mol. The zero-order valence-corrected chi connectivity index (χ0v) is 14.8. The van der Waals surface area contributed by atoms with Gasteiger partial charge < -0.3 is 5.32 Å². The molecule has 19 heavy (non-hydrogen) atoms. The van der Waals surface area contributed by atoms with E-state index in [1.807, 2.05) is 11.3 Å². The predicted molar refractivity (Wildman–Crippen MR) is 92.9 cm³/mol. The molecule has 2 heterocycles. The molecule has 1 N–H and O–H groups in total. The van der Waals surface area contributed by atoms with Crippen molar-refractivity contribution in [3.8, 4) is 0 Å². The van der Waals surface area contributed by atoms with Gasteiger partial charge in [0.05, 0.1) is 0 Å². The standard InChI is InChI=1S/C15H25NS3/c1-5-6-16-15(13-7-10(2)17-8-13)14-9-18-11(3)12(4)19-14/h7-8,11-12,14-16H,5-6,9H2,1-4H3. The average molecular weight is 316 g/mol. The third-order valence-electron chi connectivity index (χ3n) is 3.67. The second kappa shape index (κ2) is 7.39. The van der Waals surface area contributed by atoms with E-state index in [0.717, 1.165) is 17.0 Å². The highest BCUT2D eigenvalue weighted by atomic mass is 32.2. The van der Waals surface area contributed by atoms with Gasteiger partial charge in [0.15, 0.2) is 0 Å². The van der Waals surface area contributed by atoms with Crippen molar-refractivity contribution in [1.29, 1.82) is 0 Å². The summed E-state index contributed by atoms with van der Waals surface area (Å²) in [5.41, 5.74) is 1.50. The van der Waals surface area contributed by atoms with Gasteiger partial charge in [0, 0.05) is 32.4 Å². The number of rotatable bonds is 5. The molecule has 4 unspecified atom stereocenters. The van der Waals surface area contributed by atoms with Crippen molar-refractivity contribution in [1.82, 2.24) is 5.32 Å². The minimum Gasteiger partial charge on any atom is -0.309 e. The number of nitrogens with one attached hydrogen (secondary N) is 1. The third kappa shape index (κ3) is 4.16. The molecule has 0 spiro atoms. The summed E-state index contributed by atoms with van der Waals surface area (Å²) in [7, 11) is 0. The molecule has 108 valence electrons. The molecule has 0 amide bonds. The van der Waals surface area contributed by atoms with Crippen molar-refractivity contribution < 1.29 is 0 Å². The highest BCUT2D eigenvalue weighted by Gasteiger charge is 2.32. The topological polar surface area (TPSA) is 12.0 Å². The van der Waals surface area contributed by atoms with E-state index in [1.165, 1.54) is 22.6 Å². The normalized spacial score (nSPS) is 29.4. The zero-order chi connectivity index (χ0) is 13.8. The van der Waals surface area contributed by atoms with Crippen LogP contribution in [0.5, 0.6) is 0 Å². The maximum absolute atomic E-state index is 3.78. The van der Waals surface area contributed by atoms with Gasteiger partial charge in [0.25, 0.3) is 0 Å². The van der Waals surface area contributed by atoms with Crippen molar-refractivity contribution in [2.45, 2.75) is 55.9 Å². The monoisotopic (exact) mass is 315 g/mol. The Labute approximate surface area is 130 Å². The summed E-state index contributed by atoms with van der Waals surface area (Å²) in [5, 5.41) is 8.37. The number of thioether (sulfide) groups is 2. The van der Waals surface area contributed by atoms with Gasteiger partial charge in [0.1, 0.15) is 0 Å². The van der Waals surface area contributed by atoms with Crippen LogP contribution in [-0.4, -0.2) is 28.0 Å². The average Bonchev–Trinajstić information content (AvgIpc) is 2.80. The van der Waals surface area contributed by atoms with E-state index < -0.39 is 0 Å². The Morgan fingerprint density at radius 3 is 2.74 bits per heavy atom. The van der Waals surface area contributed by atoms with E-state index in [1.54, 1.807) is 0 Å². The molecule has 4 atom stereocenters. The first-order chi connectivity index (χ1) is 9.11. The lowest BCUT2D eigenvalue weighted by Gasteiger charge is -2.36. The highest BCUT2D eigenvalue weighted by Crippen LogP contribution is 2.41. The van der Waals surface area contributed by atoms with Crippen LogP contribution in [0.3, 0.4) is 0 Å². The Morgan fingerprint density at radius 2 is 2.16 bits per heavy atom. The fourth-order valence-electron chi connectivity index (χ4n) is 2.37. The first kappa shape index (κ1) is 15.7. The Kier molecular flexibility index (Phi) is 6.12. The molecule has 0 saturated carbocycles. The van der Waals surface area contributed by atoms with E-state index in [9.17, 15) is 0 Å². The number of thiophene rings is 1. The van der Waals surface area contributed by atoms with Crippen LogP contribution >= 0.6 is 34.9 Å². The molecule has 4 heteroatoms. The fourth-order valence-corrected chi connectivity index (χ4v) is 6.23. The lowest BCUT2D eigenvalue weighted by molar-refractivity contribution is 0.529. The van der Waals surface area contributed by atoms with Crippen LogP contribution in [0.1, 0.15) is 43.7 Å². The van der Waals surface area contributed by atoms with Gasteiger partial charge in [-0.1, -0.05) is 20.8 Å². The zero-order valence-electron chi connectivity index (χ0n) is 12.3. The first-order valence-electron chi connectivity index (χ1n) is 7.17. The van der Waals surface area contributed by atoms with Crippen LogP contribution in [0.15, 0.2) is 11.4 Å². The van der Waals surface area contributed by atoms with Crippen molar-refractivity contribution in [2.75, 3.05) is 12.3 Å². The van der Waals surface area contributed by atoms with Gasteiger partial charge in [-0.3, -0.25) is 0 Å². The number of aryl methyl sites for hydroxylation is 1. The van der Waals surface area contributed by atoms with Gasteiger partial charge in [-0.05, 0) is 36.9 Å². The van der Waals surface area contributed by atoms with Crippen LogP contribution in [-0.2, 0) is 0 Å². The summed E-state index contributed by atoms with van der Waals surface area (Å²) in [5.74, 6) is 1.27. The highest BCUT2D eigenvalue weighted by molar-refractivity contribution is 8.07. The quantitative estimate of drug-likeness (QED) is 0.844. The van der Waals surface area contributed by atoms with Crippen molar-refractivity contribution in [3.05, 3.63) is 21.9 Å². The Hall–Kier alpha value is 0.360. The van der Waals surface area contributed by atoms with Crippen LogP contribution in [0.4, 0.5) is 0 Å². The largest absolute Gasteiger partial charge is 0.309 e. The second-order valence-corrected chi connectivity index (χ2v) is 9.49. The predicted octanol–water partition coefficient (Wildman–Crippen LogP) is 4.72. The van der Waals surface area contributed by atoms with E-state index in [-0.39, 0.29) is 0 Å². The molecule has 1 nitrogen and oxygen atoms in total. The summed E-state index contributed by atoms with van der Waals surface area (Å²) in [6, 6.07) is 2.89. The molecule has 2 rings (SSSR count). The van der Waals surface area contributed by atoms with Gasteiger partial charge in [-0.25, -0.2) is 0 Å². The maximum Gasteiger partial charge on any atom is 0.0457 e. The van der Waals surface area contributed by atoms with Crippen LogP contribution in [0.2, 0.25) is 0 Å². The molecule has 1 aliphatic rings.